The van der Waals surface area contributed by atoms with E-state index in [1.165, 1.54) is 57.4 Å². The first-order valence-corrected chi connectivity index (χ1v) is 7.59. The van der Waals surface area contributed by atoms with E-state index in [9.17, 15) is 4.79 Å². The highest BCUT2D eigenvalue weighted by molar-refractivity contribution is 5.88. The van der Waals surface area contributed by atoms with Crippen LogP contribution >= 0.6 is 0 Å². The zero-order valence-electron chi connectivity index (χ0n) is 12.4. The Morgan fingerprint density at radius 3 is 2.11 bits per heavy atom. The van der Waals surface area contributed by atoms with Crippen LogP contribution in [-0.2, 0) is 11.2 Å². The maximum Gasteiger partial charge on any atom is 0.221 e. The van der Waals surface area contributed by atoms with Gasteiger partial charge in [0.05, 0.1) is 0 Å². The van der Waals surface area contributed by atoms with Gasteiger partial charge in [0.25, 0.3) is 0 Å². The summed E-state index contributed by atoms with van der Waals surface area (Å²) in [4.78, 5) is 10.9. The average molecular weight is 261 g/mol. The van der Waals surface area contributed by atoms with Crippen LogP contribution < -0.4 is 5.32 Å². The number of anilines is 1. The van der Waals surface area contributed by atoms with Crippen molar-refractivity contribution < 1.29 is 4.79 Å². The van der Waals surface area contributed by atoms with E-state index in [1.807, 2.05) is 12.1 Å². The van der Waals surface area contributed by atoms with Crippen LogP contribution in [0, 0.1) is 0 Å². The van der Waals surface area contributed by atoms with Crippen LogP contribution in [0.25, 0.3) is 0 Å². The zero-order chi connectivity index (χ0) is 13.9. The van der Waals surface area contributed by atoms with Gasteiger partial charge in [-0.1, -0.05) is 57.6 Å². The van der Waals surface area contributed by atoms with Gasteiger partial charge >= 0.3 is 0 Å². The number of benzene rings is 1. The molecule has 0 saturated heterocycles. The summed E-state index contributed by atoms with van der Waals surface area (Å²) >= 11 is 0. The number of carbonyl (C=O) groups excluding carboxylic acids is 1. The summed E-state index contributed by atoms with van der Waals surface area (Å²) in [5.74, 6) is -0.0140. The molecule has 0 aliphatic rings. The topological polar surface area (TPSA) is 29.1 Å². The maximum atomic E-state index is 10.9. The maximum absolute atomic E-state index is 10.9. The fourth-order valence-electron chi connectivity index (χ4n) is 2.24. The van der Waals surface area contributed by atoms with Crippen molar-refractivity contribution in [3.05, 3.63) is 29.8 Å². The molecule has 1 rings (SSSR count). The highest BCUT2D eigenvalue weighted by Crippen LogP contribution is 2.13. The minimum absolute atomic E-state index is 0.0140. The van der Waals surface area contributed by atoms with Gasteiger partial charge in [0.1, 0.15) is 0 Å². The fraction of sp³-hybridized carbons (Fsp3) is 0.588. The van der Waals surface area contributed by atoms with Crippen molar-refractivity contribution in [2.75, 3.05) is 5.32 Å². The number of carbonyl (C=O) groups is 1. The van der Waals surface area contributed by atoms with Gasteiger partial charge in [-0.05, 0) is 30.5 Å². The van der Waals surface area contributed by atoms with Crippen molar-refractivity contribution in [3.63, 3.8) is 0 Å². The predicted molar refractivity (Wildman–Crippen MR) is 82.4 cm³/mol. The predicted octanol–water partition coefficient (Wildman–Crippen LogP) is 4.94. The Morgan fingerprint density at radius 1 is 0.947 bits per heavy atom. The smallest absolute Gasteiger partial charge is 0.221 e. The lowest BCUT2D eigenvalue weighted by atomic mass is 10.0. The van der Waals surface area contributed by atoms with E-state index >= 15 is 0 Å². The first kappa shape index (κ1) is 15.7. The number of amides is 1. The Balaban J connectivity index is 2.14. The molecule has 0 aliphatic heterocycles. The number of unbranched alkanes of at least 4 members (excludes halogenated alkanes) is 6. The summed E-state index contributed by atoms with van der Waals surface area (Å²) in [6.45, 7) is 3.79. The van der Waals surface area contributed by atoms with E-state index in [0.29, 0.717) is 0 Å². The van der Waals surface area contributed by atoms with Crippen LogP contribution in [0.2, 0.25) is 0 Å². The number of hydrogen-bond donors (Lipinski definition) is 1. The Hall–Kier alpha value is -1.31. The van der Waals surface area contributed by atoms with Gasteiger partial charge in [-0.25, -0.2) is 0 Å². The number of aryl methyl sites for hydroxylation is 1. The third kappa shape index (κ3) is 7.66. The molecule has 2 heteroatoms. The molecule has 0 aromatic heterocycles. The molecule has 0 atom stereocenters. The van der Waals surface area contributed by atoms with Crippen LogP contribution in [0.15, 0.2) is 24.3 Å². The van der Waals surface area contributed by atoms with Gasteiger partial charge in [0.15, 0.2) is 0 Å². The van der Waals surface area contributed by atoms with Gasteiger partial charge in [-0.15, -0.1) is 0 Å². The van der Waals surface area contributed by atoms with Crippen LogP contribution in [0.5, 0.6) is 0 Å². The van der Waals surface area contributed by atoms with Crippen molar-refractivity contribution in [3.8, 4) is 0 Å². The van der Waals surface area contributed by atoms with Crippen LogP contribution in [0.4, 0.5) is 5.69 Å². The Labute approximate surface area is 117 Å². The third-order valence-corrected chi connectivity index (χ3v) is 3.34. The molecule has 0 radical (unpaired) electrons. The lowest BCUT2D eigenvalue weighted by molar-refractivity contribution is -0.114. The Morgan fingerprint density at radius 2 is 1.53 bits per heavy atom. The molecule has 1 amide bonds. The third-order valence-electron chi connectivity index (χ3n) is 3.34. The Kier molecular flexibility index (Phi) is 7.95. The fourth-order valence-corrected chi connectivity index (χ4v) is 2.24. The molecule has 1 aromatic carbocycles. The highest BCUT2D eigenvalue weighted by Gasteiger charge is 1.97. The van der Waals surface area contributed by atoms with E-state index in [0.717, 1.165) is 12.1 Å². The second-order valence-corrected chi connectivity index (χ2v) is 5.25. The second-order valence-electron chi connectivity index (χ2n) is 5.25. The molecular formula is C17H27NO. The molecule has 1 N–H and O–H groups in total. The van der Waals surface area contributed by atoms with E-state index in [1.54, 1.807) is 0 Å². The van der Waals surface area contributed by atoms with Gasteiger partial charge in [-0.3, -0.25) is 4.79 Å². The van der Waals surface area contributed by atoms with Crippen molar-refractivity contribution in [1.29, 1.82) is 0 Å². The van der Waals surface area contributed by atoms with Crippen LogP contribution in [0.3, 0.4) is 0 Å². The van der Waals surface area contributed by atoms with E-state index in [2.05, 4.69) is 24.4 Å². The van der Waals surface area contributed by atoms with Gasteiger partial charge in [0, 0.05) is 12.6 Å². The SMILES string of the molecule is CCCCCCCCCc1ccc(NC(C)=O)cc1. The van der Waals surface area contributed by atoms with E-state index < -0.39 is 0 Å². The summed E-state index contributed by atoms with van der Waals surface area (Å²) in [5, 5.41) is 2.79. The van der Waals surface area contributed by atoms with Gasteiger partial charge in [-0.2, -0.15) is 0 Å². The molecular weight excluding hydrogens is 234 g/mol. The molecule has 0 spiro atoms. The second kappa shape index (κ2) is 9.60. The molecule has 0 bridgehead atoms. The largest absolute Gasteiger partial charge is 0.326 e. The molecule has 0 heterocycles. The summed E-state index contributed by atoms with van der Waals surface area (Å²) < 4.78 is 0. The summed E-state index contributed by atoms with van der Waals surface area (Å²) in [5.41, 5.74) is 2.25. The quantitative estimate of drug-likeness (QED) is 0.627. The van der Waals surface area contributed by atoms with Gasteiger partial charge < -0.3 is 5.32 Å². The van der Waals surface area contributed by atoms with Crippen molar-refractivity contribution in [2.45, 2.75) is 65.2 Å². The van der Waals surface area contributed by atoms with Gasteiger partial charge in [0.2, 0.25) is 5.91 Å². The molecule has 19 heavy (non-hydrogen) atoms. The minimum Gasteiger partial charge on any atom is -0.326 e. The summed E-state index contributed by atoms with van der Waals surface area (Å²) in [7, 11) is 0. The van der Waals surface area contributed by atoms with Crippen LogP contribution in [-0.4, -0.2) is 5.91 Å². The number of hydrogen-bond acceptors (Lipinski definition) is 1. The molecule has 106 valence electrons. The van der Waals surface area contributed by atoms with E-state index in [-0.39, 0.29) is 5.91 Å². The van der Waals surface area contributed by atoms with Crippen molar-refractivity contribution >= 4 is 11.6 Å². The van der Waals surface area contributed by atoms with Crippen molar-refractivity contribution in [2.24, 2.45) is 0 Å². The summed E-state index contributed by atoms with van der Waals surface area (Å²) in [6, 6.07) is 8.20. The first-order valence-electron chi connectivity index (χ1n) is 7.59. The standard InChI is InChI=1S/C17H27NO/c1-3-4-5-6-7-8-9-10-16-11-13-17(14-12-16)18-15(2)19/h11-14H,3-10H2,1-2H3,(H,18,19). The van der Waals surface area contributed by atoms with E-state index in [4.69, 9.17) is 0 Å². The monoisotopic (exact) mass is 261 g/mol. The number of nitrogens with one attached hydrogen (secondary N) is 1. The van der Waals surface area contributed by atoms with Crippen LogP contribution in [0.1, 0.15) is 64.4 Å². The zero-order valence-corrected chi connectivity index (χ0v) is 12.4. The molecule has 0 saturated carbocycles. The minimum atomic E-state index is -0.0140. The first-order chi connectivity index (χ1) is 9.22. The number of rotatable bonds is 9. The summed E-state index contributed by atoms with van der Waals surface area (Å²) in [6.07, 6.45) is 10.6. The highest BCUT2D eigenvalue weighted by atomic mass is 16.1. The molecule has 1 aromatic rings. The van der Waals surface area contributed by atoms with Crippen molar-refractivity contribution in [1.82, 2.24) is 0 Å². The normalized spacial score (nSPS) is 10.4. The average Bonchev–Trinajstić information content (AvgIpc) is 2.39. The molecule has 2 nitrogen and oxygen atoms in total. The molecule has 0 unspecified atom stereocenters. The molecule has 0 fully saturated rings. The lowest BCUT2D eigenvalue weighted by Crippen LogP contribution is -2.05. The molecule has 0 aliphatic carbocycles. The Bertz CT molecular complexity index is 356. The lowest BCUT2D eigenvalue weighted by Gasteiger charge is -2.05.